The molecule has 0 aliphatic carbocycles. The van der Waals surface area contributed by atoms with Gasteiger partial charge in [-0.05, 0) is 29.7 Å². The van der Waals surface area contributed by atoms with Gasteiger partial charge in [-0.25, -0.2) is 9.78 Å². The Hall–Kier alpha value is -2.66. The van der Waals surface area contributed by atoms with Gasteiger partial charge in [0.1, 0.15) is 5.71 Å². The summed E-state index contributed by atoms with van der Waals surface area (Å²) < 4.78 is 1.91. The molecular formula is C23H28ClN3O2. The maximum absolute atomic E-state index is 12.5. The van der Waals surface area contributed by atoms with Crippen LogP contribution in [0.1, 0.15) is 45.1 Å². The predicted octanol–water partition coefficient (Wildman–Crippen LogP) is 5.62. The third kappa shape index (κ3) is 6.16. The van der Waals surface area contributed by atoms with Crippen LogP contribution in [0.3, 0.4) is 0 Å². The molecule has 3 aromatic rings. The van der Waals surface area contributed by atoms with Crippen LogP contribution < -0.4 is 0 Å². The molecule has 0 aliphatic rings. The molecule has 0 spiro atoms. The van der Waals surface area contributed by atoms with Crippen molar-refractivity contribution in [2.45, 2.75) is 46.1 Å². The molecule has 0 aliphatic heterocycles. The Morgan fingerprint density at radius 2 is 1.83 bits per heavy atom. The first-order valence-corrected chi connectivity index (χ1v) is 9.94. The summed E-state index contributed by atoms with van der Waals surface area (Å²) in [7, 11) is 0. The number of halogens is 1. The number of nitrogens with zero attached hydrogens (tertiary/aromatic N) is 3. The minimum absolute atomic E-state index is 0. The highest BCUT2D eigenvalue weighted by Crippen LogP contribution is 2.18. The second-order valence-corrected chi connectivity index (χ2v) is 7.02. The van der Waals surface area contributed by atoms with Crippen LogP contribution in [0.2, 0.25) is 0 Å². The summed E-state index contributed by atoms with van der Waals surface area (Å²) in [6, 6.07) is 14.3. The van der Waals surface area contributed by atoms with Crippen molar-refractivity contribution in [2.24, 2.45) is 11.1 Å². The molecule has 1 aromatic heterocycles. The van der Waals surface area contributed by atoms with Gasteiger partial charge in [-0.3, -0.25) is 0 Å². The van der Waals surface area contributed by atoms with Gasteiger partial charge in [0.2, 0.25) is 0 Å². The SMILES string of the molecule is CCCC(CCC)C(=O)O/N=C(\Cn1ccnc1)c1ccc2ccccc2c1.Cl. The van der Waals surface area contributed by atoms with Crippen molar-refractivity contribution in [1.82, 2.24) is 9.55 Å². The number of hydrogen-bond donors (Lipinski definition) is 0. The average molecular weight is 414 g/mol. The van der Waals surface area contributed by atoms with Crippen molar-refractivity contribution in [3.05, 3.63) is 66.7 Å². The Bertz CT molecular complexity index is 932. The number of rotatable bonds is 9. The number of oxime groups is 1. The fourth-order valence-corrected chi connectivity index (χ4v) is 3.35. The van der Waals surface area contributed by atoms with Crippen LogP contribution in [0.5, 0.6) is 0 Å². The predicted molar refractivity (Wildman–Crippen MR) is 119 cm³/mol. The molecule has 1 heterocycles. The first-order valence-electron chi connectivity index (χ1n) is 9.94. The molecule has 0 atom stereocenters. The van der Waals surface area contributed by atoms with Crippen molar-refractivity contribution >= 4 is 34.9 Å². The number of hydrogen-bond acceptors (Lipinski definition) is 4. The number of aromatic nitrogens is 2. The number of carbonyl (C=O) groups is 1. The maximum Gasteiger partial charge on any atom is 0.338 e. The Kier molecular flexibility index (Phi) is 8.87. The highest BCUT2D eigenvalue weighted by atomic mass is 35.5. The highest BCUT2D eigenvalue weighted by molar-refractivity contribution is 6.03. The molecule has 5 nitrogen and oxygen atoms in total. The van der Waals surface area contributed by atoms with Gasteiger partial charge in [-0.1, -0.05) is 68.2 Å². The van der Waals surface area contributed by atoms with Crippen LogP contribution in [0.4, 0.5) is 0 Å². The first-order chi connectivity index (χ1) is 13.7. The van der Waals surface area contributed by atoms with E-state index in [4.69, 9.17) is 4.84 Å². The van der Waals surface area contributed by atoms with Gasteiger partial charge < -0.3 is 9.40 Å². The third-order valence-corrected chi connectivity index (χ3v) is 4.83. The first kappa shape index (κ1) is 22.6. The van der Waals surface area contributed by atoms with Gasteiger partial charge in [0, 0.05) is 18.0 Å². The lowest BCUT2D eigenvalue weighted by Gasteiger charge is -2.13. The van der Waals surface area contributed by atoms with E-state index >= 15 is 0 Å². The second kappa shape index (κ2) is 11.4. The summed E-state index contributed by atoms with van der Waals surface area (Å²) in [5, 5.41) is 6.57. The Morgan fingerprint density at radius 3 is 2.48 bits per heavy atom. The number of fused-ring (bicyclic) bond motifs is 1. The van der Waals surface area contributed by atoms with E-state index in [9.17, 15) is 4.79 Å². The molecule has 0 saturated carbocycles. The molecule has 0 bridgehead atoms. The topological polar surface area (TPSA) is 56.5 Å². The van der Waals surface area contributed by atoms with E-state index < -0.39 is 0 Å². The summed E-state index contributed by atoms with van der Waals surface area (Å²) in [6.45, 7) is 4.65. The van der Waals surface area contributed by atoms with Gasteiger partial charge in [0.25, 0.3) is 0 Å². The van der Waals surface area contributed by atoms with E-state index in [0.29, 0.717) is 12.3 Å². The molecular weight excluding hydrogens is 386 g/mol. The van der Waals surface area contributed by atoms with E-state index in [1.807, 2.05) is 29.0 Å². The summed E-state index contributed by atoms with van der Waals surface area (Å²) in [5.74, 6) is -0.336. The van der Waals surface area contributed by atoms with Crippen molar-refractivity contribution < 1.29 is 9.63 Å². The molecule has 154 valence electrons. The fraction of sp³-hybridized carbons (Fsp3) is 0.348. The molecule has 0 fully saturated rings. The Labute approximate surface area is 178 Å². The fourth-order valence-electron chi connectivity index (χ4n) is 3.35. The zero-order chi connectivity index (χ0) is 19.8. The maximum atomic E-state index is 12.5. The quantitative estimate of drug-likeness (QED) is 0.260. The van der Waals surface area contributed by atoms with E-state index in [2.05, 4.69) is 48.3 Å². The smallest absolute Gasteiger partial charge is 0.331 e. The zero-order valence-corrected chi connectivity index (χ0v) is 17.8. The standard InChI is InChI=1S/C23H27N3O2.ClH/c1-3-7-19(8-4-2)23(27)28-25-22(16-26-14-13-24-17-26)21-12-11-18-9-5-6-10-20(18)15-21;/h5-6,9-15,17,19H,3-4,7-8,16H2,1-2H3;1H/b25-22+;. The van der Waals surface area contributed by atoms with E-state index in [-0.39, 0.29) is 24.3 Å². The van der Waals surface area contributed by atoms with Crippen molar-refractivity contribution in [1.29, 1.82) is 0 Å². The van der Waals surface area contributed by atoms with Gasteiger partial charge >= 0.3 is 5.97 Å². The zero-order valence-electron chi connectivity index (χ0n) is 17.0. The Morgan fingerprint density at radius 1 is 1.10 bits per heavy atom. The van der Waals surface area contributed by atoms with Crippen LogP contribution in [0, 0.1) is 5.92 Å². The van der Waals surface area contributed by atoms with Crippen LogP contribution in [0.15, 0.2) is 66.3 Å². The van der Waals surface area contributed by atoms with Gasteiger partial charge in [-0.2, -0.15) is 0 Å². The van der Waals surface area contributed by atoms with Crippen LogP contribution in [0.25, 0.3) is 10.8 Å². The minimum atomic E-state index is -0.243. The van der Waals surface area contributed by atoms with Crippen LogP contribution >= 0.6 is 12.4 Å². The van der Waals surface area contributed by atoms with E-state index in [1.165, 1.54) is 0 Å². The molecule has 6 heteroatoms. The molecule has 0 N–H and O–H groups in total. The number of imidazole rings is 1. The molecule has 29 heavy (non-hydrogen) atoms. The molecule has 0 unspecified atom stereocenters. The lowest BCUT2D eigenvalue weighted by atomic mass is 9.99. The number of carbonyl (C=O) groups excluding carboxylic acids is 1. The summed E-state index contributed by atoms with van der Waals surface area (Å²) in [6.07, 6.45) is 8.89. The lowest BCUT2D eigenvalue weighted by Crippen LogP contribution is -2.18. The minimum Gasteiger partial charge on any atom is -0.331 e. The molecule has 2 aromatic carbocycles. The monoisotopic (exact) mass is 413 g/mol. The highest BCUT2D eigenvalue weighted by Gasteiger charge is 2.19. The van der Waals surface area contributed by atoms with Crippen LogP contribution in [-0.2, 0) is 16.2 Å². The lowest BCUT2D eigenvalue weighted by molar-refractivity contribution is -0.149. The van der Waals surface area contributed by atoms with Gasteiger partial charge in [0.15, 0.2) is 0 Å². The molecule has 0 radical (unpaired) electrons. The van der Waals surface area contributed by atoms with Crippen molar-refractivity contribution in [3.63, 3.8) is 0 Å². The second-order valence-electron chi connectivity index (χ2n) is 7.02. The summed E-state index contributed by atoms with van der Waals surface area (Å²) >= 11 is 0. The third-order valence-electron chi connectivity index (χ3n) is 4.83. The number of benzene rings is 2. The Balaban J connectivity index is 0.00000300. The van der Waals surface area contributed by atoms with Gasteiger partial charge in [0.05, 0.1) is 18.8 Å². The largest absolute Gasteiger partial charge is 0.338 e. The molecule has 3 rings (SSSR count). The average Bonchev–Trinajstić information content (AvgIpc) is 3.23. The summed E-state index contributed by atoms with van der Waals surface area (Å²) in [5.41, 5.74) is 1.63. The molecule has 0 saturated heterocycles. The van der Waals surface area contributed by atoms with Crippen molar-refractivity contribution in [2.75, 3.05) is 0 Å². The van der Waals surface area contributed by atoms with Crippen LogP contribution in [-0.4, -0.2) is 21.2 Å². The van der Waals surface area contributed by atoms with E-state index in [0.717, 1.165) is 42.0 Å². The normalized spacial score (nSPS) is 11.5. The molecule has 0 amide bonds. The van der Waals surface area contributed by atoms with E-state index in [1.54, 1.807) is 12.5 Å². The van der Waals surface area contributed by atoms with Gasteiger partial charge in [-0.15, -0.1) is 12.4 Å². The van der Waals surface area contributed by atoms with Crippen molar-refractivity contribution in [3.8, 4) is 0 Å². The summed E-state index contributed by atoms with van der Waals surface area (Å²) in [4.78, 5) is 22.0.